The van der Waals surface area contributed by atoms with Crippen molar-refractivity contribution >= 4 is 11.7 Å². The van der Waals surface area contributed by atoms with Crippen molar-refractivity contribution in [3.63, 3.8) is 0 Å². The van der Waals surface area contributed by atoms with Crippen LogP contribution in [-0.2, 0) is 17.9 Å². The fraction of sp³-hybridized carbons (Fsp3) is 0.462. The largest absolute Gasteiger partial charge is 0.357 e. The molecule has 8 heteroatoms. The lowest BCUT2D eigenvalue weighted by molar-refractivity contribution is -0.130. The van der Waals surface area contributed by atoms with E-state index >= 15 is 0 Å². The van der Waals surface area contributed by atoms with Gasteiger partial charge in [-0.2, -0.15) is 0 Å². The van der Waals surface area contributed by atoms with Crippen LogP contribution in [0.4, 0.5) is 5.82 Å². The maximum absolute atomic E-state index is 11.7. The van der Waals surface area contributed by atoms with E-state index in [9.17, 15) is 4.79 Å². The number of carbonyl (C=O) groups is 1. The van der Waals surface area contributed by atoms with Crippen LogP contribution in [0.5, 0.6) is 0 Å². The van der Waals surface area contributed by atoms with Crippen LogP contribution < -0.4 is 4.90 Å². The number of piperidine rings is 1. The Kier molecular flexibility index (Phi) is 6.85. The molecule has 2 fully saturated rings. The van der Waals surface area contributed by atoms with Gasteiger partial charge in [0.2, 0.25) is 5.91 Å². The molecule has 0 bridgehead atoms. The summed E-state index contributed by atoms with van der Waals surface area (Å²) >= 11 is 0. The molecule has 2 aliphatic rings. The SMILES string of the molecule is CC(=O)N1CCN(Cc2nnc(C3CCN(c4ccccn4)CC3)n2Cc2ccccc2)CC1. The second-order valence-corrected chi connectivity index (χ2v) is 9.28. The molecule has 2 saturated heterocycles. The fourth-order valence-corrected chi connectivity index (χ4v) is 5.03. The summed E-state index contributed by atoms with van der Waals surface area (Å²) in [6.07, 6.45) is 3.95. The standard InChI is InChI=1S/C26H33N7O/c1-21(34)31-17-15-30(16-18-31)20-25-28-29-26(33(25)19-22-7-3-2-4-8-22)23-10-13-32(14-11-23)24-9-5-6-12-27-24/h2-9,12,23H,10-11,13-20H2,1H3. The Morgan fingerprint density at radius 3 is 2.29 bits per heavy atom. The first-order chi connectivity index (χ1) is 16.7. The van der Waals surface area contributed by atoms with Crippen molar-refractivity contribution in [3.05, 3.63) is 71.9 Å². The third kappa shape index (κ3) is 5.12. The molecule has 0 saturated carbocycles. The predicted molar refractivity (Wildman–Crippen MR) is 132 cm³/mol. The summed E-state index contributed by atoms with van der Waals surface area (Å²) in [5.41, 5.74) is 1.26. The van der Waals surface area contributed by atoms with Crippen LogP contribution in [0.2, 0.25) is 0 Å². The monoisotopic (exact) mass is 459 g/mol. The van der Waals surface area contributed by atoms with Gasteiger partial charge in [-0.05, 0) is 30.5 Å². The smallest absolute Gasteiger partial charge is 0.219 e. The minimum absolute atomic E-state index is 0.159. The second-order valence-electron chi connectivity index (χ2n) is 9.28. The highest BCUT2D eigenvalue weighted by Crippen LogP contribution is 2.30. The summed E-state index contributed by atoms with van der Waals surface area (Å²) in [6.45, 7) is 8.44. The third-order valence-electron chi connectivity index (χ3n) is 7.06. The molecule has 178 valence electrons. The van der Waals surface area contributed by atoms with Gasteiger partial charge in [-0.25, -0.2) is 4.98 Å². The van der Waals surface area contributed by atoms with Gasteiger partial charge in [-0.15, -0.1) is 10.2 Å². The lowest BCUT2D eigenvalue weighted by Crippen LogP contribution is -2.47. The Bertz CT molecular complexity index is 1070. The first kappa shape index (κ1) is 22.5. The Balaban J connectivity index is 1.32. The van der Waals surface area contributed by atoms with Crippen molar-refractivity contribution in [2.45, 2.75) is 38.8 Å². The number of anilines is 1. The van der Waals surface area contributed by atoms with E-state index in [-0.39, 0.29) is 5.91 Å². The Hall–Kier alpha value is -3.26. The number of rotatable bonds is 6. The van der Waals surface area contributed by atoms with Crippen molar-refractivity contribution in [3.8, 4) is 0 Å². The van der Waals surface area contributed by atoms with Gasteiger partial charge < -0.3 is 14.4 Å². The number of carbonyl (C=O) groups excluding carboxylic acids is 1. The van der Waals surface area contributed by atoms with E-state index in [4.69, 9.17) is 5.10 Å². The third-order valence-corrected chi connectivity index (χ3v) is 7.06. The van der Waals surface area contributed by atoms with Crippen LogP contribution in [0.3, 0.4) is 0 Å². The van der Waals surface area contributed by atoms with E-state index in [1.165, 1.54) is 5.56 Å². The molecule has 1 amide bonds. The van der Waals surface area contributed by atoms with E-state index in [0.717, 1.165) is 82.7 Å². The molecule has 0 unspecified atom stereocenters. The molecule has 0 radical (unpaired) electrons. The minimum atomic E-state index is 0.159. The van der Waals surface area contributed by atoms with Crippen LogP contribution >= 0.6 is 0 Å². The Morgan fingerprint density at radius 1 is 0.882 bits per heavy atom. The molecule has 0 aliphatic carbocycles. The zero-order valence-corrected chi connectivity index (χ0v) is 19.9. The number of pyridine rings is 1. The summed E-state index contributed by atoms with van der Waals surface area (Å²) in [5.74, 6) is 3.71. The lowest BCUT2D eigenvalue weighted by atomic mass is 9.95. The maximum Gasteiger partial charge on any atom is 0.219 e. The molecule has 5 rings (SSSR count). The molecule has 8 nitrogen and oxygen atoms in total. The first-order valence-electron chi connectivity index (χ1n) is 12.3. The molecule has 0 atom stereocenters. The minimum Gasteiger partial charge on any atom is -0.357 e. The van der Waals surface area contributed by atoms with E-state index in [1.807, 2.05) is 23.2 Å². The zero-order chi connectivity index (χ0) is 23.3. The van der Waals surface area contributed by atoms with Gasteiger partial charge in [0.05, 0.1) is 13.1 Å². The lowest BCUT2D eigenvalue weighted by Gasteiger charge is -2.34. The number of hydrogen-bond acceptors (Lipinski definition) is 6. The molecule has 34 heavy (non-hydrogen) atoms. The molecule has 4 heterocycles. The number of benzene rings is 1. The quantitative estimate of drug-likeness (QED) is 0.565. The molecule has 0 N–H and O–H groups in total. The van der Waals surface area contributed by atoms with Crippen molar-refractivity contribution in [1.82, 2.24) is 29.5 Å². The maximum atomic E-state index is 11.7. The van der Waals surface area contributed by atoms with Gasteiger partial charge in [0.1, 0.15) is 17.5 Å². The van der Waals surface area contributed by atoms with Crippen LogP contribution in [-0.4, -0.2) is 74.7 Å². The van der Waals surface area contributed by atoms with Crippen LogP contribution in [0.25, 0.3) is 0 Å². The molecule has 0 spiro atoms. The number of piperazine rings is 1. The average Bonchev–Trinajstić information content (AvgIpc) is 3.27. The summed E-state index contributed by atoms with van der Waals surface area (Å²) in [4.78, 5) is 22.9. The van der Waals surface area contributed by atoms with Gasteiger partial charge in [0, 0.05) is 58.3 Å². The van der Waals surface area contributed by atoms with Gasteiger partial charge in [0.25, 0.3) is 0 Å². The van der Waals surface area contributed by atoms with Crippen LogP contribution in [0, 0.1) is 0 Å². The number of aromatic nitrogens is 4. The van der Waals surface area contributed by atoms with Gasteiger partial charge in [-0.3, -0.25) is 9.69 Å². The van der Waals surface area contributed by atoms with E-state index in [0.29, 0.717) is 5.92 Å². The van der Waals surface area contributed by atoms with Crippen molar-refractivity contribution in [2.75, 3.05) is 44.2 Å². The summed E-state index contributed by atoms with van der Waals surface area (Å²) in [5, 5.41) is 9.41. The van der Waals surface area contributed by atoms with E-state index in [1.54, 1.807) is 6.92 Å². The highest BCUT2D eigenvalue weighted by molar-refractivity contribution is 5.73. The number of nitrogens with zero attached hydrogens (tertiary/aromatic N) is 7. The Labute approximate surface area is 201 Å². The predicted octanol–water partition coefficient (Wildman–Crippen LogP) is 2.77. The molecular weight excluding hydrogens is 426 g/mol. The highest BCUT2D eigenvalue weighted by Gasteiger charge is 2.28. The molecule has 2 aliphatic heterocycles. The van der Waals surface area contributed by atoms with E-state index < -0.39 is 0 Å². The topological polar surface area (TPSA) is 70.4 Å². The average molecular weight is 460 g/mol. The van der Waals surface area contributed by atoms with Gasteiger partial charge >= 0.3 is 0 Å². The van der Waals surface area contributed by atoms with Crippen molar-refractivity contribution < 1.29 is 4.79 Å². The van der Waals surface area contributed by atoms with E-state index in [2.05, 4.69) is 60.8 Å². The van der Waals surface area contributed by atoms with Crippen LogP contribution in [0.15, 0.2) is 54.7 Å². The molecule has 3 aromatic rings. The summed E-state index contributed by atoms with van der Waals surface area (Å²) in [7, 11) is 0. The van der Waals surface area contributed by atoms with Gasteiger partial charge in [0.15, 0.2) is 0 Å². The highest BCUT2D eigenvalue weighted by atomic mass is 16.2. The summed E-state index contributed by atoms with van der Waals surface area (Å²) in [6, 6.07) is 16.7. The normalized spacial score (nSPS) is 17.8. The van der Waals surface area contributed by atoms with Gasteiger partial charge in [-0.1, -0.05) is 36.4 Å². The molecular formula is C26H33N7O. The zero-order valence-electron chi connectivity index (χ0n) is 19.9. The van der Waals surface area contributed by atoms with Crippen molar-refractivity contribution in [1.29, 1.82) is 0 Å². The van der Waals surface area contributed by atoms with Crippen molar-refractivity contribution in [2.24, 2.45) is 0 Å². The molecule has 2 aromatic heterocycles. The Morgan fingerprint density at radius 2 is 1.62 bits per heavy atom. The van der Waals surface area contributed by atoms with Crippen LogP contribution in [0.1, 0.15) is 42.9 Å². The fourth-order valence-electron chi connectivity index (χ4n) is 5.03. The molecule has 1 aromatic carbocycles. The number of hydrogen-bond donors (Lipinski definition) is 0. The summed E-state index contributed by atoms with van der Waals surface area (Å²) < 4.78 is 2.34. The second kappa shape index (κ2) is 10.3. The number of amides is 1. The first-order valence-corrected chi connectivity index (χ1v) is 12.3.